The smallest absolute Gasteiger partial charge is 0.253 e. The fourth-order valence-corrected chi connectivity index (χ4v) is 3.41. The number of halogens is 1. The molecule has 0 bridgehead atoms. The molecule has 0 aliphatic heterocycles. The van der Waals surface area contributed by atoms with Gasteiger partial charge >= 0.3 is 0 Å². The van der Waals surface area contributed by atoms with E-state index in [1.54, 1.807) is 48.5 Å². The minimum absolute atomic E-state index is 0.127. The summed E-state index contributed by atoms with van der Waals surface area (Å²) >= 11 is 5.90. The normalized spacial score (nSPS) is 10.6. The van der Waals surface area contributed by atoms with Gasteiger partial charge in [-0.25, -0.2) is 0 Å². The molecule has 1 heterocycles. The first-order valence-corrected chi connectivity index (χ1v) is 11.2. The van der Waals surface area contributed by atoms with Gasteiger partial charge in [-0.2, -0.15) is 4.98 Å². The standard InChI is InChI=1S/C26H23ClN4O3/c1-17-6-8-18(9-7-17)16-28-26(33)21-4-2-3-5-22(21)29-23(32)14-15-24-30-25(31-34-24)19-10-12-20(27)13-11-19/h2-13H,14-16H2,1H3,(H,28,33)(H,29,32). The van der Waals surface area contributed by atoms with Crippen molar-refractivity contribution >= 4 is 29.1 Å². The van der Waals surface area contributed by atoms with E-state index in [-0.39, 0.29) is 24.7 Å². The third-order valence-corrected chi connectivity index (χ3v) is 5.41. The number of hydrogen-bond acceptors (Lipinski definition) is 5. The SMILES string of the molecule is Cc1ccc(CNC(=O)c2ccccc2NC(=O)CCc2nc(-c3ccc(Cl)cc3)no2)cc1. The zero-order valence-electron chi connectivity index (χ0n) is 18.5. The van der Waals surface area contributed by atoms with Crippen molar-refractivity contribution in [3.05, 3.63) is 100 Å². The van der Waals surface area contributed by atoms with E-state index in [1.165, 1.54) is 0 Å². The molecule has 2 amide bonds. The number of aryl methyl sites for hydroxylation is 2. The molecule has 0 aliphatic carbocycles. The highest BCUT2D eigenvalue weighted by molar-refractivity contribution is 6.30. The number of carbonyl (C=O) groups is 2. The van der Waals surface area contributed by atoms with Gasteiger partial charge in [0.1, 0.15) is 0 Å². The molecule has 172 valence electrons. The maximum Gasteiger partial charge on any atom is 0.253 e. The quantitative estimate of drug-likeness (QED) is 0.366. The van der Waals surface area contributed by atoms with Crippen LogP contribution in [0.25, 0.3) is 11.4 Å². The van der Waals surface area contributed by atoms with Crippen LogP contribution in [0.4, 0.5) is 5.69 Å². The number of nitrogens with one attached hydrogen (secondary N) is 2. The highest BCUT2D eigenvalue weighted by atomic mass is 35.5. The molecule has 7 nitrogen and oxygen atoms in total. The molecular formula is C26H23ClN4O3. The van der Waals surface area contributed by atoms with Crippen molar-refractivity contribution in [3.63, 3.8) is 0 Å². The third kappa shape index (κ3) is 6.08. The minimum atomic E-state index is -0.263. The zero-order valence-corrected chi connectivity index (χ0v) is 19.3. The summed E-state index contributed by atoms with van der Waals surface area (Å²) in [7, 11) is 0. The second kappa shape index (κ2) is 10.8. The molecule has 0 unspecified atom stereocenters. The fourth-order valence-electron chi connectivity index (χ4n) is 3.28. The summed E-state index contributed by atoms with van der Waals surface area (Å²) in [5.74, 6) is 0.262. The predicted molar refractivity (Wildman–Crippen MR) is 130 cm³/mol. The molecule has 34 heavy (non-hydrogen) atoms. The maximum atomic E-state index is 12.7. The van der Waals surface area contributed by atoms with E-state index in [4.69, 9.17) is 16.1 Å². The minimum Gasteiger partial charge on any atom is -0.348 e. The number of benzene rings is 3. The van der Waals surface area contributed by atoms with Crippen LogP contribution in [0.3, 0.4) is 0 Å². The predicted octanol–water partition coefficient (Wildman–Crippen LogP) is 5.20. The van der Waals surface area contributed by atoms with Crippen LogP contribution in [0, 0.1) is 6.92 Å². The first-order valence-electron chi connectivity index (χ1n) is 10.8. The van der Waals surface area contributed by atoms with Crippen LogP contribution in [0.1, 0.15) is 33.8 Å². The van der Waals surface area contributed by atoms with Gasteiger partial charge in [0.25, 0.3) is 5.91 Å². The van der Waals surface area contributed by atoms with Crippen LogP contribution in [-0.2, 0) is 17.8 Å². The molecule has 4 rings (SSSR count). The fraction of sp³-hybridized carbons (Fsp3) is 0.154. The lowest BCUT2D eigenvalue weighted by Gasteiger charge is -2.11. The van der Waals surface area contributed by atoms with Crippen LogP contribution in [0.15, 0.2) is 77.3 Å². The molecule has 0 radical (unpaired) electrons. The van der Waals surface area contributed by atoms with E-state index in [1.807, 2.05) is 31.2 Å². The lowest BCUT2D eigenvalue weighted by molar-refractivity contribution is -0.116. The van der Waals surface area contributed by atoms with Gasteiger partial charge in [0, 0.05) is 30.0 Å². The Morgan fingerprint density at radius 3 is 2.47 bits per heavy atom. The lowest BCUT2D eigenvalue weighted by atomic mass is 10.1. The molecule has 2 N–H and O–H groups in total. The Bertz CT molecular complexity index is 1280. The third-order valence-electron chi connectivity index (χ3n) is 5.16. The topological polar surface area (TPSA) is 97.1 Å². The molecule has 8 heteroatoms. The van der Waals surface area contributed by atoms with Crippen molar-refractivity contribution in [2.24, 2.45) is 0 Å². The Morgan fingerprint density at radius 1 is 0.971 bits per heavy atom. The summed E-state index contributed by atoms with van der Waals surface area (Å²) in [5.41, 5.74) is 3.77. The second-order valence-corrected chi connectivity index (χ2v) is 8.22. The monoisotopic (exact) mass is 474 g/mol. The first kappa shape index (κ1) is 23.2. The van der Waals surface area contributed by atoms with Crippen molar-refractivity contribution in [2.45, 2.75) is 26.3 Å². The molecule has 1 aromatic heterocycles. The van der Waals surface area contributed by atoms with E-state index >= 15 is 0 Å². The average Bonchev–Trinajstić information content (AvgIpc) is 3.32. The molecule has 3 aromatic carbocycles. The molecule has 0 saturated carbocycles. The van der Waals surface area contributed by atoms with Crippen LogP contribution < -0.4 is 10.6 Å². The number of aromatic nitrogens is 2. The number of nitrogens with zero attached hydrogens (tertiary/aromatic N) is 2. The van der Waals surface area contributed by atoms with E-state index in [0.29, 0.717) is 34.5 Å². The molecule has 0 fully saturated rings. The highest BCUT2D eigenvalue weighted by Gasteiger charge is 2.15. The Morgan fingerprint density at radius 2 is 1.71 bits per heavy atom. The van der Waals surface area contributed by atoms with Gasteiger partial charge in [0.2, 0.25) is 17.6 Å². The second-order valence-electron chi connectivity index (χ2n) is 7.78. The summed E-state index contributed by atoms with van der Waals surface area (Å²) in [6, 6.07) is 21.9. The number of hydrogen-bond donors (Lipinski definition) is 2. The van der Waals surface area contributed by atoms with Gasteiger partial charge < -0.3 is 15.2 Å². The summed E-state index contributed by atoms with van der Waals surface area (Å²) in [4.78, 5) is 29.6. The van der Waals surface area contributed by atoms with Crippen molar-refractivity contribution in [2.75, 3.05) is 5.32 Å². The number of para-hydroxylation sites is 1. The van der Waals surface area contributed by atoms with Gasteiger partial charge in [-0.3, -0.25) is 9.59 Å². The molecule has 0 spiro atoms. The number of carbonyl (C=O) groups excluding carboxylic acids is 2. The molecule has 0 atom stereocenters. The number of rotatable bonds is 8. The van der Waals surface area contributed by atoms with E-state index in [9.17, 15) is 9.59 Å². The Labute approximate surface area is 202 Å². The van der Waals surface area contributed by atoms with E-state index in [2.05, 4.69) is 20.8 Å². The average molecular weight is 475 g/mol. The van der Waals surface area contributed by atoms with Crippen molar-refractivity contribution < 1.29 is 14.1 Å². The van der Waals surface area contributed by atoms with Gasteiger partial charge in [-0.05, 0) is 48.9 Å². The lowest BCUT2D eigenvalue weighted by Crippen LogP contribution is -2.25. The van der Waals surface area contributed by atoms with E-state index in [0.717, 1.165) is 16.7 Å². The van der Waals surface area contributed by atoms with Crippen molar-refractivity contribution in [1.29, 1.82) is 0 Å². The Kier molecular flexibility index (Phi) is 7.34. The Balaban J connectivity index is 1.33. The number of anilines is 1. The largest absolute Gasteiger partial charge is 0.348 e. The zero-order chi connectivity index (χ0) is 23.9. The Hall–Kier alpha value is -3.97. The highest BCUT2D eigenvalue weighted by Crippen LogP contribution is 2.20. The van der Waals surface area contributed by atoms with Crippen LogP contribution in [-0.4, -0.2) is 22.0 Å². The number of amides is 2. The molecule has 0 aliphatic rings. The maximum absolute atomic E-state index is 12.7. The van der Waals surface area contributed by atoms with Gasteiger partial charge in [-0.15, -0.1) is 0 Å². The van der Waals surface area contributed by atoms with Crippen LogP contribution in [0.2, 0.25) is 5.02 Å². The van der Waals surface area contributed by atoms with Crippen molar-refractivity contribution in [1.82, 2.24) is 15.5 Å². The van der Waals surface area contributed by atoms with E-state index < -0.39 is 0 Å². The van der Waals surface area contributed by atoms with Crippen LogP contribution in [0.5, 0.6) is 0 Å². The molecule has 0 saturated heterocycles. The van der Waals surface area contributed by atoms with Gasteiger partial charge in [0.15, 0.2) is 0 Å². The molecule has 4 aromatic rings. The summed E-state index contributed by atoms with van der Waals surface area (Å²) < 4.78 is 5.25. The summed E-state index contributed by atoms with van der Waals surface area (Å²) in [6.45, 7) is 2.41. The molecular weight excluding hydrogens is 452 g/mol. The van der Waals surface area contributed by atoms with Gasteiger partial charge in [-0.1, -0.05) is 58.7 Å². The summed E-state index contributed by atoms with van der Waals surface area (Å²) in [6.07, 6.45) is 0.399. The first-order chi connectivity index (χ1) is 16.5. The van der Waals surface area contributed by atoms with Gasteiger partial charge in [0.05, 0.1) is 11.3 Å². The van der Waals surface area contributed by atoms with Crippen LogP contribution >= 0.6 is 11.6 Å². The van der Waals surface area contributed by atoms with Crippen molar-refractivity contribution in [3.8, 4) is 11.4 Å². The summed E-state index contributed by atoms with van der Waals surface area (Å²) in [5, 5.41) is 10.3.